The molecule has 1 aromatic heterocycles. The van der Waals surface area contributed by atoms with E-state index in [-0.39, 0.29) is 24.0 Å². The second-order valence-electron chi connectivity index (χ2n) is 5.55. The van der Waals surface area contributed by atoms with Gasteiger partial charge in [0.2, 0.25) is 11.8 Å². The molecule has 1 aliphatic rings. The summed E-state index contributed by atoms with van der Waals surface area (Å²) in [4.78, 5) is 42.1. The van der Waals surface area contributed by atoms with E-state index in [4.69, 9.17) is 11.6 Å². The van der Waals surface area contributed by atoms with Gasteiger partial charge in [0.15, 0.2) is 4.34 Å². The van der Waals surface area contributed by atoms with E-state index in [9.17, 15) is 14.4 Å². The van der Waals surface area contributed by atoms with Gasteiger partial charge in [0.1, 0.15) is 6.04 Å². The first kappa shape index (κ1) is 18.9. The van der Waals surface area contributed by atoms with Crippen LogP contribution in [0.25, 0.3) is 10.2 Å². The van der Waals surface area contributed by atoms with Gasteiger partial charge < -0.3 is 15.0 Å². The fourth-order valence-corrected chi connectivity index (χ4v) is 4.71. The van der Waals surface area contributed by atoms with E-state index in [1.54, 1.807) is 12.1 Å². The molecule has 0 radical (unpaired) electrons. The lowest BCUT2D eigenvalue weighted by atomic mass is 10.1. The summed E-state index contributed by atoms with van der Waals surface area (Å²) in [5, 5.41) is 3.28. The highest BCUT2D eigenvalue weighted by atomic mass is 35.5. The van der Waals surface area contributed by atoms with E-state index in [2.05, 4.69) is 15.0 Å². The highest BCUT2D eigenvalue weighted by Crippen LogP contribution is 2.31. The standard InChI is InChI=1S/C16H16ClN3O4S2/c1-24-14(22)7-11-15(23)18-4-5-20(11)13(21)8-25-16-19-10-6-9(17)2-3-12(10)26-16/h2-3,6,11H,4-5,7-8H2,1H3,(H,18,23). The molecule has 0 saturated carbocycles. The molecule has 26 heavy (non-hydrogen) atoms. The molecule has 1 aliphatic heterocycles. The first-order valence-corrected chi connectivity index (χ1v) is 9.99. The van der Waals surface area contributed by atoms with E-state index in [0.717, 1.165) is 14.6 Å². The minimum atomic E-state index is -0.835. The van der Waals surface area contributed by atoms with Gasteiger partial charge in [-0.3, -0.25) is 14.4 Å². The van der Waals surface area contributed by atoms with Crippen molar-refractivity contribution in [1.29, 1.82) is 0 Å². The molecule has 1 saturated heterocycles. The molecule has 1 fully saturated rings. The van der Waals surface area contributed by atoms with Gasteiger partial charge in [0.25, 0.3) is 0 Å². The number of hydrogen-bond donors (Lipinski definition) is 1. The van der Waals surface area contributed by atoms with Crippen LogP contribution >= 0.6 is 34.7 Å². The Hall–Kier alpha value is -1.84. The van der Waals surface area contributed by atoms with Crippen molar-refractivity contribution in [2.24, 2.45) is 0 Å². The van der Waals surface area contributed by atoms with Crippen LogP contribution in [0.3, 0.4) is 0 Å². The molecule has 2 amide bonds. The summed E-state index contributed by atoms with van der Waals surface area (Å²) < 4.78 is 6.36. The number of amides is 2. The van der Waals surface area contributed by atoms with Crippen LogP contribution in [0.1, 0.15) is 6.42 Å². The van der Waals surface area contributed by atoms with Gasteiger partial charge in [-0.15, -0.1) is 11.3 Å². The Balaban J connectivity index is 1.66. The maximum absolute atomic E-state index is 12.6. The molecular weight excluding hydrogens is 398 g/mol. The molecule has 138 valence electrons. The van der Waals surface area contributed by atoms with Gasteiger partial charge in [-0.25, -0.2) is 4.98 Å². The normalized spacial score (nSPS) is 17.2. The van der Waals surface area contributed by atoms with Gasteiger partial charge in [0.05, 0.1) is 29.5 Å². The van der Waals surface area contributed by atoms with Gasteiger partial charge >= 0.3 is 5.97 Å². The minimum Gasteiger partial charge on any atom is -0.469 e. The summed E-state index contributed by atoms with van der Waals surface area (Å²) in [5.41, 5.74) is 0.790. The van der Waals surface area contributed by atoms with Crippen molar-refractivity contribution >= 4 is 62.7 Å². The molecular formula is C16H16ClN3O4S2. The average Bonchev–Trinajstić information content (AvgIpc) is 3.03. The number of halogens is 1. The number of nitrogens with zero attached hydrogens (tertiary/aromatic N) is 2. The van der Waals surface area contributed by atoms with Crippen molar-refractivity contribution in [1.82, 2.24) is 15.2 Å². The van der Waals surface area contributed by atoms with Crippen molar-refractivity contribution in [2.75, 3.05) is 26.0 Å². The van der Waals surface area contributed by atoms with E-state index < -0.39 is 12.0 Å². The van der Waals surface area contributed by atoms with Crippen LogP contribution in [0.5, 0.6) is 0 Å². The Morgan fingerprint density at radius 3 is 3.08 bits per heavy atom. The number of methoxy groups -OCH3 is 1. The molecule has 2 heterocycles. The third-order valence-electron chi connectivity index (χ3n) is 3.89. The summed E-state index contributed by atoms with van der Waals surface area (Å²) >= 11 is 8.75. The van der Waals surface area contributed by atoms with E-state index in [1.165, 1.54) is 35.1 Å². The van der Waals surface area contributed by atoms with Crippen LogP contribution < -0.4 is 5.32 Å². The second-order valence-corrected chi connectivity index (χ2v) is 8.24. The first-order valence-electron chi connectivity index (χ1n) is 7.81. The number of fused-ring (bicyclic) bond motifs is 1. The van der Waals surface area contributed by atoms with E-state index >= 15 is 0 Å². The van der Waals surface area contributed by atoms with Crippen molar-refractivity contribution < 1.29 is 19.1 Å². The van der Waals surface area contributed by atoms with Crippen LogP contribution in [-0.4, -0.2) is 59.7 Å². The number of carbonyl (C=O) groups excluding carboxylic acids is 3. The maximum atomic E-state index is 12.6. The Kier molecular flexibility index (Phi) is 6.00. The van der Waals surface area contributed by atoms with Crippen molar-refractivity contribution in [2.45, 2.75) is 16.8 Å². The Bertz CT molecular complexity index is 857. The fraction of sp³-hybridized carbons (Fsp3) is 0.375. The predicted molar refractivity (Wildman–Crippen MR) is 100 cm³/mol. The quantitative estimate of drug-likeness (QED) is 0.595. The number of rotatable bonds is 5. The van der Waals surface area contributed by atoms with Crippen LogP contribution in [0.4, 0.5) is 0 Å². The molecule has 1 N–H and O–H groups in total. The zero-order valence-corrected chi connectivity index (χ0v) is 16.2. The van der Waals surface area contributed by atoms with Gasteiger partial charge in [-0.1, -0.05) is 23.4 Å². The monoisotopic (exact) mass is 413 g/mol. The molecule has 7 nitrogen and oxygen atoms in total. The summed E-state index contributed by atoms with van der Waals surface area (Å²) in [7, 11) is 1.25. The summed E-state index contributed by atoms with van der Waals surface area (Å²) in [5.74, 6) is -0.940. The molecule has 0 bridgehead atoms. The maximum Gasteiger partial charge on any atom is 0.308 e. The highest BCUT2D eigenvalue weighted by Gasteiger charge is 2.34. The second kappa shape index (κ2) is 8.24. The van der Waals surface area contributed by atoms with E-state index in [1.807, 2.05) is 6.07 Å². The lowest BCUT2D eigenvalue weighted by molar-refractivity contribution is -0.149. The third kappa shape index (κ3) is 4.28. The number of piperazine rings is 1. The molecule has 1 aromatic carbocycles. The number of hydrogen-bond acceptors (Lipinski definition) is 7. The zero-order chi connectivity index (χ0) is 18.7. The molecule has 1 unspecified atom stereocenters. The Labute approximate surface area is 163 Å². The zero-order valence-electron chi connectivity index (χ0n) is 13.9. The summed E-state index contributed by atoms with van der Waals surface area (Å²) in [6.45, 7) is 0.731. The number of ether oxygens (including phenoxy) is 1. The van der Waals surface area contributed by atoms with E-state index in [0.29, 0.717) is 18.1 Å². The van der Waals surface area contributed by atoms with Crippen LogP contribution in [-0.2, 0) is 19.1 Å². The first-order chi connectivity index (χ1) is 12.5. The Morgan fingerprint density at radius 1 is 1.50 bits per heavy atom. The number of thiazole rings is 1. The van der Waals surface area contributed by atoms with Crippen molar-refractivity contribution in [3.63, 3.8) is 0 Å². The number of benzene rings is 1. The molecule has 3 rings (SSSR count). The van der Waals surface area contributed by atoms with Crippen LogP contribution in [0, 0.1) is 0 Å². The average molecular weight is 414 g/mol. The molecule has 10 heteroatoms. The van der Waals surface area contributed by atoms with Gasteiger partial charge in [-0.2, -0.15) is 0 Å². The third-order valence-corrected chi connectivity index (χ3v) is 6.29. The lowest BCUT2D eigenvalue weighted by Gasteiger charge is -2.34. The van der Waals surface area contributed by atoms with Crippen molar-refractivity contribution in [3.8, 4) is 0 Å². The number of thioether (sulfide) groups is 1. The Morgan fingerprint density at radius 2 is 2.31 bits per heavy atom. The summed E-state index contributed by atoms with van der Waals surface area (Å²) in [6, 6.07) is 4.63. The number of aromatic nitrogens is 1. The van der Waals surface area contributed by atoms with Crippen LogP contribution in [0.2, 0.25) is 5.02 Å². The topological polar surface area (TPSA) is 88.6 Å². The minimum absolute atomic E-state index is 0.137. The smallest absolute Gasteiger partial charge is 0.308 e. The number of carbonyl (C=O) groups is 3. The highest BCUT2D eigenvalue weighted by molar-refractivity contribution is 8.01. The SMILES string of the molecule is COC(=O)CC1C(=O)NCCN1C(=O)CSc1nc2cc(Cl)ccc2s1. The van der Waals surface area contributed by atoms with Gasteiger partial charge in [-0.05, 0) is 18.2 Å². The molecule has 1 atom stereocenters. The predicted octanol–water partition coefficient (Wildman–Crippen LogP) is 1.93. The largest absolute Gasteiger partial charge is 0.469 e. The summed E-state index contributed by atoms with van der Waals surface area (Å²) in [6.07, 6.45) is -0.154. The van der Waals surface area contributed by atoms with Crippen LogP contribution in [0.15, 0.2) is 22.5 Å². The molecule has 2 aromatic rings. The fourth-order valence-electron chi connectivity index (χ4n) is 2.60. The molecule has 0 spiro atoms. The number of esters is 1. The van der Waals surface area contributed by atoms with Crippen molar-refractivity contribution in [3.05, 3.63) is 23.2 Å². The molecule has 0 aliphatic carbocycles. The number of nitrogens with one attached hydrogen (secondary N) is 1. The van der Waals surface area contributed by atoms with Gasteiger partial charge in [0, 0.05) is 18.1 Å². The lowest BCUT2D eigenvalue weighted by Crippen LogP contribution is -2.58.